The quantitative estimate of drug-likeness (QED) is 0.641. The van der Waals surface area contributed by atoms with E-state index in [0.29, 0.717) is 0 Å². The van der Waals surface area contributed by atoms with Crippen LogP contribution in [-0.2, 0) is 0 Å². The first kappa shape index (κ1) is 13.9. The highest BCUT2D eigenvalue weighted by Gasteiger charge is 2.15. The van der Waals surface area contributed by atoms with Gasteiger partial charge in [-0.15, -0.1) is 0 Å². The molecule has 5 heteroatoms. The largest absolute Gasteiger partial charge is 0.399 e. The van der Waals surface area contributed by atoms with Gasteiger partial charge < -0.3 is 5.73 Å². The molecular formula is C12H20N4S. The van der Waals surface area contributed by atoms with Crippen LogP contribution in [0.2, 0.25) is 0 Å². The van der Waals surface area contributed by atoms with E-state index in [1.54, 1.807) is 11.9 Å². The lowest BCUT2D eigenvalue weighted by molar-refractivity contribution is 0.276. The Balaban J connectivity index is 0.000000686. The van der Waals surface area contributed by atoms with Crippen LogP contribution in [0.5, 0.6) is 0 Å². The fourth-order valence-electron chi connectivity index (χ4n) is 1.31. The molecule has 1 aliphatic rings. The van der Waals surface area contributed by atoms with Gasteiger partial charge in [-0.2, -0.15) is 5.10 Å². The van der Waals surface area contributed by atoms with Gasteiger partial charge in [-0.1, -0.05) is 13.8 Å². The Labute approximate surface area is 107 Å². The van der Waals surface area contributed by atoms with Gasteiger partial charge in [-0.25, -0.2) is 4.72 Å². The van der Waals surface area contributed by atoms with Crippen LogP contribution in [0.1, 0.15) is 20.3 Å². The maximum absolute atomic E-state index is 5.61. The predicted octanol–water partition coefficient (Wildman–Crippen LogP) is 2.54. The molecule has 0 amide bonds. The smallest absolute Gasteiger partial charge is 0.110 e. The van der Waals surface area contributed by atoms with Crippen LogP contribution in [0, 0.1) is 0 Å². The van der Waals surface area contributed by atoms with E-state index in [-0.39, 0.29) is 6.17 Å². The zero-order chi connectivity index (χ0) is 12.7. The summed E-state index contributed by atoms with van der Waals surface area (Å²) in [7, 11) is 1.96. The number of benzene rings is 1. The molecule has 0 saturated heterocycles. The van der Waals surface area contributed by atoms with E-state index in [1.807, 2.05) is 56.4 Å². The number of anilines is 1. The van der Waals surface area contributed by atoms with Gasteiger partial charge >= 0.3 is 0 Å². The van der Waals surface area contributed by atoms with E-state index >= 15 is 0 Å². The van der Waals surface area contributed by atoms with E-state index in [2.05, 4.69) is 9.82 Å². The number of nitrogens with zero attached hydrogens (tertiary/aromatic N) is 2. The van der Waals surface area contributed by atoms with Crippen molar-refractivity contribution < 1.29 is 0 Å². The normalized spacial score (nSPS) is 17.8. The van der Waals surface area contributed by atoms with Crippen molar-refractivity contribution in [2.75, 3.05) is 12.8 Å². The number of nitrogen functional groups attached to an aromatic ring is 1. The van der Waals surface area contributed by atoms with Crippen molar-refractivity contribution in [2.45, 2.75) is 31.3 Å². The molecule has 4 nitrogen and oxygen atoms in total. The zero-order valence-electron chi connectivity index (χ0n) is 10.6. The van der Waals surface area contributed by atoms with Crippen LogP contribution >= 0.6 is 11.9 Å². The predicted molar refractivity (Wildman–Crippen MR) is 75.9 cm³/mol. The van der Waals surface area contributed by atoms with Gasteiger partial charge in [0.1, 0.15) is 6.17 Å². The van der Waals surface area contributed by atoms with Crippen LogP contribution in [0.15, 0.2) is 34.3 Å². The first-order valence-corrected chi connectivity index (χ1v) is 6.60. The highest BCUT2D eigenvalue weighted by Crippen LogP contribution is 2.18. The van der Waals surface area contributed by atoms with E-state index < -0.39 is 0 Å². The Morgan fingerprint density at radius 2 is 2.00 bits per heavy atom. The third-order valence-electron chi connectivity index (χ3n) is 2.24. The molecule has 1 unspecified atom stereocenters. The van der Waals surface area contributed by atoms with Gasteiger partial charge in [0.05, 0.1) is 0 Å². The second kappa shape index (κ2) is 7.19. The number of hydrogen-bond acceptors (Lipinski definition) is 5. The first-order valence-electron chi connectivity index (χ1n) is 5.79. The molecule has 0 fully saturated rings. The molecule has 0 spiro atoms. The molecule has 0 aliphatic carbocycles. The van der Waals surface area contributed by atoms with Crippen molar-refractivity contribution in [1.82, 2.24) is 9.73 Å². The lowest BCUT2D eigenvalue weighted by Gasteiger charge is -2.19. The average Bonchev–Trinajstić information content (AvgIpc) is 2.77. The third kappa shape index (κ3) is 4.28. The van der Waals surface area contributed by atoms with Gasteiger partial charge in [0.2, 0.25) is 0 Å². The summed E-state index contributed by atoms with van der Waals surface area (Å²) in [4.78, 5) is 1.16. The molecule has 1 aromatic rings. The van der Waals surface area contributed by atoms with E-state index in [9.17, 15) is 0 Å². The first-order chi connectivity index (χ1) is 8.25. The second-order valence-corrected chi connectivity index (χ2v) is 4.32. The van der Waals surface area contributed by atoms with E-state index in [1.165, 1.54) is 0 Å². The van der Waals surface area contributed by atoms with E-state index in [0.717, 1.165) is 17.0 Å². The van der Waals surface area contributed by atoms with Gasteiger partial charge in [-0.05, 0) is 36.2 Å². The van der Waals surface area contributed by atoms with Gasteiger partial charge in [0.25, 0.3) is 0 Å². The Hall–Kier alpha value is -1.20. The van der Waals surface area contributed by atoms with Crippen molar-refractivity contribution in [3.05, 3.63) is 24.3 Å². The summed E-state index contributed by atoms with van der Waals surface area (Å²) in [6.45, 7) is 4.00. The fraction of sp³-hybridized carbons (Fsp3) is 0.417. The number of hydrogen-bond donors (Lipinski definition) is 2. The van der Waals surface area contributed by atoms with Crippen molar-refractivity contribution in [3.63, 3.8) is 0 Å². The molecule has 1 aromatic carbocycles. The molecule has 0 bridgehead atoms. The van der Waals surface area contributed by atoms with Gasteiger partial charge in [-0.3, -0.25) is 5.01 Å². The minimum Gasteiger partial charge on any atom is -0.399 e. The summed E-state index contributed by atoms with van der Waals surface area (Å²) in [6, 6.07) is 7.81. The van der Waals surface area contributed by atoms with Gasteiger partial charge in [0.15, 0.2) is 0 Å². The summed E-state index contributed by atoms with van der Waals surface area (Å²) in [6.07, 6.45) is 3.15. The minimum absolute atomic E-state index is 0.285. The maximum atomic E-state index is 5.61. The summed E-state index contributed by atoms with van der Waals surface area (Å²) < 4.78 is 3.34. The Morgan fingerprint density at radius 1 is 1.35 bits per heavy atom. The summed E-state index contributed by atoms with van der Waals surface area (Å²) >= 11 is 1.60. The molecular weight excluding hydrogens is 232 g/mol. The number of rotatable bonds is 3. The van der Waals surface area contributed by atoms with Crippen LogP contribution in [-0.4, -0.2) is 24.4 Å². The number of hydrazone groups is 1. The van der Waals surface area contributed by atoms with E-state index in [4.69, 9.17) is 5.73 Å². The second-order valence-electron chi connectivity index (χ2n) is 3.41. The molecule has 1 atom stereocenters. The Kier molecular flexibility index (Phi) is 5.86. The summed E-state index contributed by atoms with van der Waals surface area (Å²) in [5.41, 5.74) is 6.40. The topological polar surface area (TPSA) is 53.6 Å². The lowest BCUT2D eigenvalue weighted by atomic mass is 10.3. The number of nitrogens with two attached hydrogens (primary N) is 1. The van der Waals surface area contributed by atoms with Crippen molar-refractivity contribution >= 4 is 23.8 Å². The lowest BCUT2D eigenvalue weighted by Crippen LogP contribution is -2.33. The van der Waals surface area contributed by atoms with Crippen LogP contribution in [0.3, 0.4) is 0 Å². The third-order valence-corrected chi connectivity index (χ3v) is 3.13. The molecule has 0 saturated carbocycles. The zero-order valence-corrected chi connectivity index (χ0v) is 11.4. The van der Waals surface area contributed by atoms with Crippen molar-refractivity contribution in [3.8, 4) is 0 Å². The highest BCUT2D eigenvalue weighted by molar-refractivity contribution is 7.97. The molecule has 1 heterocycles. The molecule has 94 valence electrons. The fourth-order valence-corrected chi connectivity index (χ4v) is 2.10. The Morgan fingerprint density at radius 3 is 2.53 bits per heavy atom. The summed E-state index contributed by atoms with van der Waals surface area (Å²) in [5.74, 6) is 0. The molecule has 1 aliphatic heterocycles. The number of nitrogens with one attached hydrogen (secondary N) is 1. The molecule has 2 rings (SSSR count). The molecule has 0 aromatic heterocycles. The monoisotopic (exact) mass is 252 g/mol. The summed E-state index contributed by atoms with van der Waals surface area (Å²) in [5, 5.41) is 6.08. The standard InChI is InChI=1S/C10H14N4S.C2H6/c1-14-10(6-7-12-14)13-15-9-4-2-8(11)3-5-9;1-2/h2-5,7,10,13H,6,11H2,1H3;1-2H3. The van der Waals surface area contributed by atoms with Crippen LogP contribution in [0.4, 0.5) is 5.69 Å². The van der Waals surface area contributed by atoms with Crippen LogP contribution < -0.4 is 10.5 Å². The SMILES string of the molecule is CC.CN1N=CCC1NSc1ccc(N)cc1. The molecule has 0 radical (unpaired) electrons. The Bertz CT molecular complexity index is 350. The van der Waals surface area contributed by atoms with Crippen LogP contribution in [0.25, 0.3) is 0 Å². The highest BCUT2D eigenvalue weighted by atomic mass is 32.2. The van der Waals surface area contributed by atoms with Gasteiger partial charge in [0, 0.05) is 30.3 Å². The molecule has 17 heavy (non-hydrogen) atoms. The average molecular weight is 252 g/mol. The maximum Gasteiger partial charge on any atom is 0.110 e. The molecule has 3 N–H and O–H groups in total. The minimum atomic E-state index is 0.285. The van der Waals surface area contributed by atoms with Crippen molar-refractivity contribution in [1.29, 1.82) is 0 Å². The van der Waals surface area contributed by atoms with Crippen molar-refractivity contribution in [2.24, 2.45) is 5.10 Å².